The molecule has 0 aromatic heterocycles. The Morgan fingerprint density at radius 3 is 1.64 bits per heavy atom. The predicted octanol–water partition coefficient (Wildman–Crippen LogP) is 6.26. The molecule has 0 saturated carbocycles. The molecule has 1 atom stereocenters. The summed E-state index contributed by atoms with van der Waals surface area (Å²) in [6, 6.07) is 0.467. The zero-order chi connectivity index (χ0) is 18.8. The molecule has 0 heterocycles. The summed E-state index contributed by atoms with van der Waals surface area (Å²) in [5.41, 5.74) is 6.56. The van der Waals surface area contributed by atoms with Crippen molar-refractivity contribution in [1.82, 2.24) is 4.90 Å². The Morgan fingerprint density at radius 2 is 1.32 bits per heavy atom. The van der Waals surface area contributed by atoms with Gasteiger partial charge in [0.15, 0.2) is 0 Å². The molecule has 0 aliphatic carbocycles. The minimum atomic E-state index is -0.00926. The topological polar surface area (TPSA) is 46.3 Å². The third-order valence-corrected chi connectivity index (χ3v) is 4.11. The number of amides is 1. The molecule has 0 spiro atoms. The summed E-state index contributed by atoms with van der Waals surface area (Å²) in [5.74, 6) is -0.00926. The average molecular weight is 422 g/mol. The molecule has 0 radical (unpaired) electrons. The van der Waals surface area contributed by atoms with Crippen LogP contribution in [0.3, 0.4) is 0 Å². The average Bonchev–Trinajstić information content (AvgIpc) is 2.53. The number of nitrogens with two attached hydrogens (primary N) is 1. The number of hydrogen-bond donors (Lipinski definition) is 1. The van der Waals surface area contributed by atoms with E-state index in [1.165, 1.54) is 81.9 Å². The highest BCUT2D eigenvalue weighted by Crippen LogP contribution is 2.11. The first-order chi connectivity index (χ1) is 11.4. The van der Waals surface area contributed by atoms with Gasteiger partial charge in [0.05, 0.1) is 0 Å². The maximum absolute atomic E-state index is 10.7. The minimum absolute atomic E-state index is 0. The largest absolute Gasteiger partial charge is 0.345 e. The molecular weight excluding hydrogens is 376 g/mol. The second-order valence-corrected chi connectivity index (χ2v) is 7.15. The first-order valence-electron chi connectivity index (χ1n) is 9.99. The Kier molecular flexibility index (Phi) is 25.5. The summed E-state index contributed by atoms with van der Waals surface area (Å²) >= 11 is 0. The van der Waals surface area contributed by atoms with E-state index in [0.29, 0.717) is 11.6 Å². The molecule has 4 heteroatoms. The van der Waals surface area contributed by atoms with Crippen molar-refractivity contribution < 1.29 is 4.79 Å². The van der Waals surface area contributed by atoms with E-state index in [2.05, 4.69) is 20.4 Å². The van der Waals surface area contributed by atoms with Gasteiger partial charge in [0.1, 0.15) is 0 Å². The molecule has 0 aromatic carbocycles. The molecule has 3 nitrogen and oxygen atoms in total. The van der Waals surface area contributed by atoms with Crippen LogP contribution in [0.2, 0.25) is 0 Å². The van der Waals surface area contributed by atoms with E-state index in [9.17, 15) is 4.79 Å². The molecule has 1 unspecified atom stereocenters. The summed E-state index contributed by atoms with van der Waals surface area (Å²) in [6.45, 7) is 9.68. The molecule has 0 aliphatic heterocycles. The smallest absolute Gasteiger partial charge is 0.248 e. The monoisotopic (exact) mass is 420 g/mol. The van der Waals surface area contributed by atoms with Crippen molar-refractivity contribution in [3.05, 3.63) is 12.2 Å². The van der Waals surface area contributed by atoms with E-state index in [4.69, 9.17) is 5.73 Å². The molecule has 0 fully saturated rings. The second-order valence-electron chi connectivity index (χ2n) is 7.15. The van der Waals surface area contributed by atoms with Crippen molar-refractivity contribution >= 4 is 22.9 Å². The number of likely N-dealkylation sites (N-methyl/N-ethyl adjacent to an activating group) is 1. The highest BCUT2D eigenvalue weighted by molar-refractivity contribution is 8.93. The molecular formula is C21H45BrN2O. The minimum Gasteiger partial charge on any atom is -0.345 e. The third-order valence-electron chi connectivity index (χ3n) is 4.11. The van der Waals surface area contributed by atoms with Gasteiger partial charge in [-0.05, 0) is 19.8 Å². The zero-order valence-electron chi connectivity index (χ0n) is 17.6. The number of nitrogens with zero attached hydrogens (tertiary/aromatic N) is 1. The molecule has 0 saturated heterocycles. The van der Waals surface area contributed by atoms with Crippen molar-refractivity contribution in [2.45, 2.75) is 104 Å². The van der Waals surface area contributed by atoms with E-state index >= 15 is 0 Å². The van der Waals surface area contributed by atoms with Crippen molar-refractivity contribution in [3.8, 4) is 0 Å². The molecule has 25 heavy (non-hydrogen) atoms. The predicted molar refractivity (Wildman–Crippen MR) is 119 cm³/mol. The number of carbonyl (C=O) groups is 1. The maximum Gasteiger partial charge on any atom is 0.248 e. The van der Waals surface area contributed by atoms with E-state index in [-0.39, 0.29) is 22.9 Å². The summed E-state index contributed by atoms with van der Waals surface area (Å²) in [4.78, 5) is 12.2. The van der Waals surface area contributed by atoms with E-state index in [1.54, 1.807) is 21.0 Å². The highest BCUT2D eigenvalue weighted by atomic mass is 79.9. The maximum atomic E-state index is 10.7. The molecule has 2 N–H and O–H groups in total. The van der Waals surface area contributed by atoms with Crippen molar-refractivity contribution in [3.63, 3.8) is 0 Å². The van der Waals surface area contributed by atoms with Crippen LogP contribution in [0.1, 0.15) is 97.8 Å². The second kappa shape index (κ2) is 21.7. The molecule has 152 valence electrons. The number of hydrogen-bond acceptors (Lipinski definition) is 2. The lowest BCUT2D eigenvalue weighted by Gasteiger charge is -2.09. The van der Waals surface area contributed by atoms with Gasteiger partial charge in [-0.3, -0.25) is 4.79 Å². The Balaban J connectivity index is -0.000000457. The quantitative estimate of drug-likeness (QED) is 0.282. The first kappa shape index (κ1) is 29.4. The number of rotatable bonds is 13. The van der Waals surface area contributed by atoms with Gasteiger partial charge in [0.2, 0.25) is 5.91 Å². The number of halogens is 1. The normalized spacial score (nSPS) is 11.0. The fourth-order valence-electron chi connectivity index (χ4n) is 2.61. The Morgan fingerprint density at radius 1 is 0.880 bits per heavy atom. The van der Waals surface area contributed by atoms with Crippen LogP contribution in [0.25, 0.3) is 0 Å². The highest BCUT2D eigenvalue weighted by Gasteiger charge is 2.01. The summed E-state index contributed by atoms with van der Waals surface area (Å²) in [5, 5.41) is 0. The van der Waals surface area contributed by atoms with Crippen LogP contribution in [0.4, 0.5) is 0 Å². The van der Waals surface area contributed by atoms with Crippen LogP contribution in [0.5, 0.6) is 0 Å². The molecule has 1 amide bonds. The zero-order valence-corrected chi connectivity index (χ0v) is 19.3. The van der Waals surface area contributed by atoms with Crippen molar-refractivity contribution in [2.24, 2.45) is 5.73 Å². The number of unbranched alkanes of at least 4 members (excludes halogenated alkanes) is 8. The SMILES string of the molecule is Br.C=C(C)C(=O)N(C)C.CCCCCCCCCCCC(N)CCC. The lowest BCUT2D eigenvalue weighted by atomic mass is 10.0. The van der Waals surface area contributed by atoms with Gasteiger partial charge in [-0.25, -0.2) is 0 Å². The van der Waals surface area contributed by atoms with Gasteiger partial charge in [-0.15, -0.1) is 17.0 Å². The van der Waals surface area contributed by atoms with E-state index in [0.717, 1.165) is 0 Å². The van der Waals surface area contributed by atoms with Gasteiger partial charge in [-0.2, -0.15) is 0 Å². The van der Waals surface area contributed by atoms with Crippen molar-refractivity contribution in [2.75, 3.05) is 14.1 Å². The summed E-state index contributed by atoms with van der Waals surface area (Å²) in [6.07, 6.45) is 16.4. The fraction of sp³-hybridized carbons (Fsp3) is 0.857. The first-order valence-corrected chi connectivity index (χ1v) is 9.99. The standard InChI is InChI=1S/C15H33N.C6H11NO.BrH/c1-3-5-6-7-8-9-10-11-12-14-15(16)13-4-2;1-5(2)6(8)7(3)4;/h15H,3-14,16H2,1-2H3;1H2,2-4H3;1H. The summed E-state index contributed by atoms with van der Waals surface area (Å²) in [7, 11) is 3.41. The van der Waals surface area contributed by atoms with Gasteiger partial charge >= 0.3 is 0 Å². The van der Waals surface area contributed by atoms with Crippen molar-refractivity contribution in [1.29, 1.82) is 0 Å². The van der Waals surface area contributed by atoms with E-state index in [1.807, 2.05) is 0 Å². The summed E-state index contributed by atoms with van der Waals surface area (Å²) < 4.78 is 0. The molecule has 0 rings (SSSR count). The van der Waals surface area contributed by atoms with Crippen LogP contribution in [0, 0.1) is 0 Å². The van der Waals surface area contributed by atoms with Crippen LogP contribution >= 0.6 is 17.0 Å². The van der Waals surface area contributed by atoms with Gasteiger partial charge in [0, 0.05) is 25.7 Å². The molecule has 0 aromatic rings. The lowest BCUT2D eigenvalue weighted by Crippen LogP contribution is -2.21. The molecule has 0 aliphatic rings. The van der Waals surface area contributed by atoms with Crippen LogP contribution < -0.4 is 5.73 Å². The number of carbonyl (C=O) groups excluding carboxylic acids is 1. The lowest BCUT2D eigenvalue weighted by molar-refractivity contribution is -0.124. The van der Waals surface area contributed by atoms with Crippen LogP contribution in [-0.4, -0.2) is 30.9 Å². The van der Waals surface area contributed by atoms with Crippen LogP contribution in [-0.2, 0) is 4.79 Å². The fourth-order valence-corrected chi connectivity index (χ4v) is 2.61. The Hall–Kier alpha value is -0.350. The molecule has 0 bridgehead atoms. The Bertz CT molecular complexity index is 306. The van der Waals surface area contributed by atoms with Gasteiger partial charge < -0.3 is 10.6 Å². The van der Waals surface area contributed by atoms with Gasteiger partial charge in [0.25, 0.3) is 0 Å². The van der Waals surface area contributed by atoms with E-state index < -0.39 is 0 Å². The Labute approximate surface area is 168 Å². The van der Waals surface area contributed by atoms with Gasteiger partial charge in [-0.1, -0.05) is 84.6 Å². The third kappa shape index (κ3) is 23.6. The van der Waals surface area contributed by atoms with Crippen LogP contribution in [0.15, 0.2) is 12.2 Å².